The maximum atomic E-state index is 12.6. The number of amides is 1. The van der Waals surface area contributed by atoms with Gasteiger partial charge in [-0.25, -0.2) is 0 Å². The fourth-order valence-electron chi connectivity index (χ4n) is 3.93. The minimum atomic E-state index is -0.443. The van der Waals surface area contributed by atoms with Crippen LogP contribution in [-0.4, -0.2) is 18.5 Å². The van der Waals surface area contributed by atoms with Crippen molar-refractivity contribution < 1.29 is 4.79 Å². The predicted molar refractivity (Wildman–Crippen MR) is 120 cm³/mol. The van der Waals surface area contributed by atoms with E-state index in [4.69, 9.17) is 11.6 Å². The number of carbonyl (C=O) groups excluding carboxylic acids is 1. The smallest absolute Gasteiger partial charge is 0.266 e. The summed E-state index contributed by atoms with van der Waals surface area (Å²) in [5, 5.41) is 12.9. The molecule has 1 aliphatic heterocycles. The number of rotatable bonds is 3. The average molecular weight is 408 g/mol. The molecule has 1 amide bonds. The third kappa shape index (κ3) is 4.16. The number of nitrogens with zero attached hydrogens (tertiary/aromatic N) is 2. The van der Waals surface area contributed by atoms with Crippen molar-refractivity contribution in [2.45, 2.75) is 45.6 Å². The molecule has 0 aliphatic carbocycles. The molecule has 150 valence electrons. The zero-order chi connectivity index (χ0) is 21.3. The number of hydrogen-bond acceptors (Lipinski definition) is 3. The fraction of sp³-hybridized carbons (Fsp3) is 0.333. The molecule has 0 saturated heterocycles. The predicted octanol–water partition coefficient (Wildman–Crippen LogP) is 5.92. The second-order valence-electron chi connectivity index (χ2n) is 8.33. The molecule has 0 bridgehead atoms. The molecule has 5 heteroatoms. The Morgan fingerprint density at radius 2 is 2.07 bits per heavy atom. The Morgan fingerprint density at radius 1 is 1.34 bits per heavy atom. The number of hydrogen-bond donors (Lipinski definition) is 1. The Balaban J connectivity index is 1.90. The maximum Gasteiger partial charge on any atom is 0.266 e. The van der Waals surface area contributed by atoms with Crippen LogP contribution in [0.3, 0.4) is 0 Å². The summed E-state index contributed by atoms with van der Waals surface area (Å²) in [5.41, 5.74) is 4.81. The Bertz CT molecular complexity index is 1030. The fourth-order valence-corrected chi connectivity index (χ4v) is 4.11. The summed E-state index contributed by atoms with van der Waals surface area (Å²) in [6.45, 7) is 8.55. The van der Waals surface area contributed by atoms with Gasteiger partial charge >= 0.3 is 0 Å². The van der Waals surface area contributed by atoms with Crippen LogP contribution in [0.2, 0.25) is 5.02 Å². The molecule has 29 heavy (non-hydrogen) atoms. The molecule has 1 heterocycles. The van der Waals surface area contributed by atoms with Crippen molar-refractivity contribution in [2.24, 2.45) is 0 Å². The van der Waals surface area contributed by atoms with E-state index in [0.717, 1.165) is 17.5 Å². The van der Waals surface area contributed by atoms with Gasteiger partial charge in [-0.15, -0.1) is 0 Å². The summed E-state index contributed by atoms with van der Waals surface area (Å²) in [6, 6.07) is 13.4. The first-order valence-corrected chi connectivity index (χ1v) is 10.1. The number of anilines is 2. The zero-order valence-corrected chi connectivity index (χ0v) is 18.3. The van der Waals surface area contributed by atoms with Crippen LogP contribution in [0.5, 0.6) is 0 Å². The summed E-state index contributed by atoms with van der Waals surface area (Å²) in [5.74, 6) is -0.0418. The largest absolute Gasteiger partial charge is 0.369 e. The molecular weight excluding hydrogens is 382 g/mol. The van der Waals surface area contributed by atoms with E-state index in [0.29, 0.717) is 16.6 Å². The lowest BCUT2D eigenvalue weighted by Gasteiger charge is -2.45. The number of halogens is 1. The highest BCUT2D eigenvalue weighted by Crippen LogP contribution is 2.42. The third-order valence-electron chi connectivity index (χ3n) is 5.85. The van der Waals surface area contributed by atoms with Gasteiger partial charge in [-0.1, -0.05) is 30.7 Å². The lowest BCUT2D eigenvalue weighted by Crippen LogP contribution is -2.45. The van der Waals surface area contributed by atoms with E-state index in [1.165, 1.54) is 11.3 Å². The Kier molecular flexibility index (Phi) is 5.73. The van der Waals surface area contributed by atoms with Crippen molar-refractivity contribution in [2.75, 3.05) is 17.3 Å². The standard InChI is InChI=1S/C24H26ClN3O/c1-15-13-24(3,4)28(5)22-10-9-17(12-19(15)22)11-18(14-26)23(29)27-21-8-6-7-20(25)16(21)2/h6-12,15H,13H2,1-5H3,(H,27,29)/b18-11-. The zero-order valence-electron chi connectivity index (χ0n) is 17.5. The monoisotopic (exact) mass is 407 g/mol. The highest BCUT2D eigenvalue weighted by molar-refractivity contribution is 6.31. The molecule has 3 rings (SSSR count). The number of carbonyl (C=O) groups is 1. The van der Waals surface area contributed by atoms with E-state index in [1.54, 1.807) is 24.3 Å². The van der Waals surface area contributed by atoms with Crippen molar-refractivity contribution >= 4 is 35.0 Å². The van der Waals surface area contributed by atoms with Gasteiger partial charge in [0.15, 0.2) is 0 Å². The van der Waals surface area contributed by atoms with Gasteiger partial charge in [0.25, 0.3) is 5.91 Å². The normalized spacial score (nSPS) is 18.0. The molecule has 1 aliphatic rings. The van der Waals surface area contributed by atoms with Crippen LogP contribution in [0.4, 0.5) is 11.4 Å². The summed E-state index contributed by atoms with van der Waals surface area (Å²) < 4.78 is 0. The number of nitriles is 1. The van der Waals surface area contributed by atoms with Crippen LogP contribution in [0.1, 0.15) is 49.8 Å². The van der Waals surface area contributed by atoms with E-state index in [-0.39, 0.29) is 11.1 Å². The quantitative estimate of drug-likeness (QED) is 0.507. The molecule has 1 N–H and O–H groups in total. The second-order valence-corrected chi connectivity index (χ2v) is 8.74. The highest BCUT2D eigenvalue weighted by atomic mass is 35.5. The topological polar surface area (TPSA) is 56.1 Å². The first kappa shape index (κ1) is 21.0. The van der Waals surface area contributed by atoms with Gasteiger partial charge in [-0.05, 0) is 80.1 Å². The first-order chi connectivity index (χ1) is 13.6. The Hall–Kier alpha value is -2.77. The Morgan fingerprint density at radius 3 is 2.76 bits per heavy atom. The Labute approximate surface area is 177 Å². The van der Waals surface area contributed by atoms with Crippen molar-refractivity contribution in [3.63, 3.8) is 0 Å². The lowest BCUT2D eigenvalue weighted by atomic mass is 9.80. The number of benzene rings is 2. The van der Waals surface area contributed by atoms with Crippen LogP contribution in [0.25, 0.3) is 6.08 Å². The molecule has 0 spiro atoms. The van der Waals surface area contributed by atoms with Gasteiger partial charge in [-0.2, -0.15) is 5.26 Å². The van der Waals surface area contributed by atoms with Gasteiger partial charge in [0.05, 0.1) is 0 Å². The van der Waals surface area contributed by atoms with Crippen LogP contribution in [0.15, 0.2) is 42.0 Å². The van der Waals surface area contributed by atoms with E-state index in [9.17, 15) is 10.1 Å². The lowest BCUT2D eigenvalue weighted by molar-refractivity contribution is -0.112. The van der Waals surface area contributed by atoms with E-state index >= 15 is 0 Å². The SMILES string of the molecule is Cc1c(Cl)cccc1NC(=O)/C(C#N)=C\c1ccc2c(c1)C(C)CC(C)(C)N2C. The molecule has 1 unspecified atom stereocenters. The molecule has 1 atom stereocenters. The van der Waals surface area contributed by atoms with Gasteiger partial charge in [0, 0.05) is 29.0 Å². The van der Waals surface area contributed by atoms with E-state index in [1.807, 2.05) is 19.1 Å². The molecule has 0 radical (unpaired) electrons. The van der Waals surface area contributed by atoms with Gasteiger partial charge in [0.1, 0.15) is 11.6 Å². The van der Waals surface area contributed by atoms with Crippen molar-refractivity contribution in [1.29, 1.82) is 5.26 Å². The van der Waals surface area contributed by atoms with Crippen LogP contribution in [0, 0.1) is 18.3 Å². The van der Waals surface area contributed by atoms with Crippen LogP contribution < -0.4 is 10.2 Å². The summed E-state index contributed by atoms with van der Waals surface area (Å²) >= 11 is 6.12. The molecule has 0 aromatic heterocycles. The summed E-state index contributed by atoms with van der Waals surface area (Å²) in [4.78, 5) is 14.9. The highest BCUT2D eigenvalue weighted by Gasteiger charge is 2.33. The van der Waals surface area contributed by atoms with Crippen LogP contribution >= 0.6 is 11.6 Å². The summed E-state index contributed by atoms with van der Waals surface area (Å²) in [6.07, 6.45) is 2.69. The van der Waals surface area contributed by atoms with E-state index < -0.39 is 5.91 Å². The molecule has 2 aromatic carbocycles. The van der Waals surface area contributed by atoms with Gasteiger partial charge in [0.2, 0.25) is 0 Å². The second kappa shape index (κ2) is 7.93. The molecule has 2 aromatic rings. The maximum absolute atomic E-state index is 12.6. The van der Waals surface area contributed by atoms with Crippen molar-refractivity contribution in [3.05, 3.63) is 63.7 Å². The number of nitrogens with one attached hydrogen (secondary N) is 1. The molecule has 0 fully saturated rings. The van der Waals surface area contributed by atoms with Crippen molar-refractivity contribution in [3.8, 4) is 6.07 Å². The van der Waals surface area contributed by atoms with Gasteiger partial charge in [-0.3, -0.25) is 4.79 Å². The van der Waals surface area contributed by atoms with Crippen LogP contribution in [-0.2, 0) is 4.79 Å². The third-order valence-corrected chi connectivity index (χ3v) is 6.26. The van der Waals surface area contributed by atoms with Crippen molar-refractivity contribution in [1.82, 2.24) is 0 Å². The van der Waals surface area contributed by atoms with E-state index in [2.05, 4.69) is 50.2 Å². The van der Waals surface area contributed by atoms with Gasteiger partial charge < -0.3 is 10.2 Å². The minimum Gasteiger partial charge on any atom is -0.369 e. The molecule has 4 nitrogen and oxygen atoms in total. The molecule has 0 saturated carbocycles. The number of fused-ring (bicyclic) bond motifs is 1. The molecular formula is C24H26ClN3O. The average Bonchev–Trinajstić information content (AvgIpc) is 2.67. The first-order valence-electron chi connectivity index (χ1n) is 9.70. The minimum absolute atomic E-state index is 0.0569. The summed E-state index contributed by atoms with van der Waals surface area (Å²) in [7, 11) is 2.11.